The van der Waals surface area contributed by atoms with Gasteiger partial charge in [-0.2, -0.15) is 0 Å². The molecule has 4 heterocycles. The number of nitrogens with zero attached hydrogens (tertiary/aromatic N) is 2. The zero-order chi connectivity index (χ0) is 38.0. The van der Waals surface area contributed by atoms with Crippen molar-refractivity contribution in [2.45, 2.75) is 155 Å². The molecule has 292 valence electrons. The van der Waals surface area contributed by atoms with Crippen LogP contribution in [0.4, 0.5) is 0 Å². The summed E-state index contributed by atoms with van der Waals surface area (Å²) in [7, 11) is 0. The van der Waals surface area contributed by atoms with E-state index < -0.39 is 0 Å². The van der Waals surface area contributed by atoms with Crippen LogP contribution in [0.1, 0.15) is 153 Å². The monoisotopic (exact) mass is 916 g/mol. The summed E-state index contributed by atoms with van der Waals surface area (Å²) >= 11 is 13.5. The van der Waals surface area contributed by atoms with Crippen LogP contribution < -0.4 is 0 Å². The Balaban J connectivity index is 1.15. The minimum absolute atomic E-state index is 1.04. The van der Waals surface area contributed by atoms with Crippen LogP contribution in [0.2, 0.25) is 0 Å². The molecule has 0 aliphatic heterocycles. The number of thiophene rings is 3. The fourth-order valence-corrected chi connectivity index (χ4v) is 13.4. The van der Waals surface area contributed by atoms with E-state index in [1.165, 1.54) is 189 Å². The number of halogens is 2. The average molecular weight is 919 g/mol. The molecule has 1 aliphatic carbocycles. The highest BCUT2D eigenvalue weighted by atomic mass is 79.9. The molecule has 6 aromatic rings. The summed E-state index contributed by atoms with van der Waals surface area (Å²) in [5.41, 5.74) is 9.55. The number of rotatable bonds is 24. The third kappa shape index (κ3) is 10.0. The van der Waals surface area contributed by atoms with Crippen LogP contribution in [-0.2, 0) is 12.8 Å². The van der Waals surface area contributed by atoms with Gasteiger partial charge in [0.2, 0.25) is 0 Å². The molecule has 2 aromatic carbocycles. The van der Waals surface area contributed by atoms with E-state index in [1.807, 2.05) is 34.0 Å². The maximum Gasteiger partial charge on any atom is 0.110 e. The first-order chi connectivity index (χ1) is 27.1. The summed E-state index contributed by atoms with van der Waals surface area (Å²) < 4.78 is 2.42. The van der Waals surface area contributed by atoms with Crippen LogP contribution in [0, 0.1) is 0 Å². The predicted molar refractivity (Wildman–Crippen MR) is 252 cm³/mol. The molecule has 0 saturated heterocycles. The fourth-order valence-electron chi connectivity index (χ4n) is 8.52. The second-order valence-corrected chi connectivity index (χ2v) is 21.6. The summed E-state index contributed by atoms with van der Waals surface area (Å²) in [6.07, 6.45) is 29.4. The van der Waals surface area contributed by atoms with Crippen molar-refractivity contribution in [1.82, 2.24) is 9.97 Å². The Hall–Kier alpha value is -1.90. The van der Waals surface area contributed by atoms with E-state index in [2.05, 4.69) is 94.2 Å². The number of hydrogen-bond donors (Lipinski definition) is 0. The molecular formula is C48H58Br2N2S3. The van der Waals surface area contributed by atoms with E-state index in [1.54, 1.807) is 0 Å². The lowest BCUT2D eigenvalue weighted by molar-refractivity contribution is 0.556. The minimum Gasteiger partial charge on any atom is -0.242 e. The first-order valence-corrected chi connectivity index (χ1v) is 25.5. The molecule has 0 amide bonds. The van der Waals surface area contributed by atoms with Gasteiger partial charge in [0.25, 0.3) is 0 Å². The maximum absolute atomic E-state index is 5.62. The quantitative estimate of drug-likeness (QED) is 0.0565. The van der Waals surface area contributed by atoms with Crippen molar-refractivity contribution in [3.63, 3.8) is 0 Å². The van der Waals surface area contributed by atoms with E-state index >= 15 is 0 Å². The van der Waals surface area contributed by atoms with Gasteiger partial charge >= 0.3 is 0 Å². The van der Waals surface area contributed by atoms with Crippen molar-refractivity contribution in [2.24, 2.45) is 0 Å². The van der Waals surface area contributed by atoms with Crippen molar-refractivity contribution in [1.29, 1.82) is 0 Å². The average Bonchev–Trinajstić information content (AvgIpc) is 3.94. The molecule has 0 saturated carbocycles. The number of hydrogen-bond acceptors (Lipinski definition) is 5. The molecule has 0 atom stereocenters. The number of fused-ring (bicyclic) bond motifs is 4. The van der Waals surface area contributed by atoms with Gasteiger partial charge in [0, 0.05) is 16.5 Å². The van der Waals surface area contributed by atoms with Crippen molar-refractivity contribution >= 4 is 87.7 Å². The number of benzene rings is 2. The maximum atomic E-state index is 5.62. The lowest BCUT2D eigenvalue weighted by Gasteiger charge is -2.06. The van der Waals surface area contributed by atoms with Crippen LogP contribution in [-0.4, -0.2) is 9.97 Å². The molecule has 7 heteroatoms. The van der Waals surface area contributed by atoms with Crippen molar-refractivity contribution in [3.05, 3.63) is 67.2 Å². The van der Waals surface area contributed by atoms with Crippen molar-refractivity contribution < 1.29 is 0 Å². The summed E-state index contributed by atoms with van der Waals surface area (Å²) in [5, 5.41) is 2.56. The molecule has 1 aliphatic rings. The Bertz CT molecular complexity index is 2010. The first kappa shape index (κ1) is 41.3. The Labute approximate surface area is 359 Å². The molecular weight excluding hydrogens is 861 g/mol. The molecule has 7 rings (SSSR count). The third-order valence-electron chi connectivity index (χ3n) is 11.5. The van der Waals surface area contributed by atoms with E-state index in [4.69, 9.17) is 9.97 Å². The van der Waals surface area contributed by atoms with Crippen LogP contribution >= 0.6 is 65.9 Å². The van der Waals surface area contributed by atoms with Gasteiger partial charge in [-0.15, -0.1) is 34.0 Å². The zero-order valence-electron chi connectivity index (χ0n) is 33.1. The minimum atomic E-state index is 1.04. The Morgan fingerprint density at radius 3 is 1.24 bits per heavy atom. The Kier molecular flexibility index (Phi) is 15.5. The highest BCUT2D eigenvalue weighted by Crippen LogP contribution is 2.53. The standard InChI is InChI=1S/C48H58Br2N2S3/c1-3-5-7-9-11-13-15-17-19-21-25-34-31-38(49)53-45(34)47-43-44(52-42-37-30-24-28-33-27-23-29-36(40(33)37)41(42)51-43)48(55-47)46-35(32-39(50)54-46)26-22-20-18-16-14-12-10-8-6-4-2/h23-24,27-32H,3-22,25-26H2,1-2H3. The summed E-state index contributed by atoms with van der Waals surface area (Å²) in [6, 6.07) is 18.0. The highest BCUT2D eigenvalue weighted by Gasteiger charge is 2.29. The summed E-state index contributed by atoms with van der Waals surface area (Å²) in [4.78, 5) is 16.6. The van der Waals surface area contributed by atoms with Crippen molar-refractivity contribution in [2.75, 3.05) is 0 Å². The van der Waals surface area contributed by atoms with Gasteiger partial charge < -0.3 is 0 Å². The SMILES string of the molecule is CCCCCCCCCCCCc1cc(Br)sc1-c1sc(-c2sc(Br)cc2CCCCCCCCCCCC)c2nc3c(nc12)-c1cccc2cccc-3c12. The topological polar surface area (TPSA) is 25.8 Å². The molecule has 0 fully saturated rings. The lowest BCUT2D eigenvalue weighted by atomic mass is 10.0. The van der Waals surface area contributed by atoms with E-state index in [9.17, 15) is 0 Å². The molecule has 55 heavy (non-hydrogen) atoms. The van der Waals surface area contributed by atoms with Crippen LogP contribution in [0.25, 0.3) is 63.8 Å². The third-order valence-corrected chi connectivity index (χ3v) is 16.4. The number of aryl methyl sites for hydroxylation is 2. The van der Waals surface area contributed by atoms with Crippen LogP contribution in [0.3, 0.4) is 0 Å². The molecule has 4 aromatic heterocycles. The van der Waals surface area contributed by atoms with Gasteiger partial charge in [0.1, 0.15) is 11.0 Å². The molecule has 0 unspecified atom stereocenters. The second kappa shape index (κ2) is 20.7. The van der Waals surface area contributed by atoms with E-state index in [0.29, 0.717) is 0 Å². The number of aromatic nitrogens is 2. The lowest BCUT2D eigenvalue weighted by Crippen LogP contribution is -1.91. The Morgan fingerprint density at radius 1 is 0.455 bits per heavy atom. The largest absolute Gasteiger partial charge is 0.242 e. The molecule has 0 bridgehead atoms. The van der Waals surface area contributed by atoms with Gasteiger partial charge in [-0.3, -0.25) is 0 Å². The normalized spacial score (nSPS) is 12.1. The molecule has 0 spiro atoms. The number of unbranched alkanes of at least 4 members (excludes halogenated alkanes) is 18. The van der Waals surface area contributed by atoms with Crippen molar-refractivity contribution in [3.8, 4) is 42.0 Å². The van der Waals surface area contributed by atoms with E-state index in [0.717, 1.165) is 35.3 Å². The zero-order valence-corrected chi connectivity index (χ0v) is 38.7. The first-order valence-electron chi connectivity index (χ1n) is 21.5. The fraction of sp³-hybridized carbons (Fsp3) is 0.500. The van der Waals surface area contributed by atoms with Gasteiger partial charge in [0.05, 0.1) is 38.5 Å². The predicted octanol–water partition coefficient (Wildman–Crippen LogP) is 18.4. The van der Waals surface area contributed by atoms with Gasteiger partial charge in [-0.05, 0) is 86.2 Å². The second-order valence-electron chi connectivity index (χ2n) is 15.8. The summed E-state index contributed by atoms with van der Waals surface area (Å²) in [5.74, 6) is 0. The van der Waals surface area contributed by atoms with Gasteiger partial charge in [-0.1, -0.05) is 166 Å². The Morgan fingerprint density at radius 2 is 0.836 bits per heavy atom. The smallest absolute Gasteiger partial charge is 0.110 e. The van der Waals surface area contributed by atoms with Crippen LogP contribution in [0.15, 0.2) is 56.1 Å². The van der Waals surface area contributed by atoms with E-state index in [-0.39, 0.29) is 0 Å². The van der Waals surface area contributed by atoms with Gasteiger partial charge in [-0.25, -0.2) is 9.97 Å². The summed E-state index contributed by atoms with van der Waals surface area (Å²) in [6.45, 7) is 4.60. The molecule has 0 N–H and O–H groups in total. The molecule has 2 nitrogen and oxygen atoms in total. The van der Waals surface area contributed by atoms with Gasteiger partial charge in [0.15, 0.2) is 0 Å². The highest BCUT2D eigenvalue weighted by molar-refractivity contribution is 9.11. The molecule has 0 radical (unpaired) electrons. The van der Waals surface area contributed by atoms with Crippen LogP contribution in [0.5, 0.6) is 0 Å².